The molecule has 1 aliphatic rings. The van der Waals surface area contributed by atoms with Gasteiger partial charge in [-0.15, -0.1) is 0 Å². The van der Waals surface area contributed by atoms with Crippen LogP contribution in [0.1, 0.15) is 31.4 Å². The molecule has 9 nitrogen and oxygen atoms in total. The van der Waals surface area contributed by atoms with Gasteiger partial charge in [0.2, 0.25) is 21.8 Å². The minimum absolute atomic E-state index is 0.145. The normalized spacial score (nSPS) is 14.0. The molecular formula is C31H36FN3O6S. The van der Waals surface area contributed by atoms with Crippen LogP contribution in [0.4, 0.5) is 10.1 Å². The van der Waals surface area contributed by atoms with Gasteiger partial charge in [-0.05, 0) is 37.1 Å². The lowest BCUT2D eigenvalue weighted by atomic mass is 10.0. The number of carbonyl (C=O) groups excluding carboxylic acids is 2. The fraction of sp³-hybridized carbons (Fsp3) is 0.355. The van der Waals surface area contributed by atoms with Gasteiger partial charge in [0, 0.05) is 30.6 Å². The molecule has 2 atom stereocenters. The van der Waals surface area contributed by atoms with Gasteiger partial charge in [-0.1, -0.05) is 55.5 Å². The van der Waals surface area contributed by atoms with E-state index in [1.54, 1.807) is 12.1 Å². The number of nitrogens with zero attached hydrogens (tertiary/aromatic N) is 2. The highest BCUT2D eigenvalue weighted by molar-refractivity contribution is 7.92. The summed E-state index contributed by atoms with van der Waals surface area (Å²) in [5.41, 5.74) is 1.19. The van der Waals surface area contributed by atoms with E-state index < -0.39 is 40.2 Å². The van der Waals surface area contributed by atoms with Crippen molar-refractivity contribution in [1.29, 1.82) is 0 Å². The highest BCUT2D eigenvalue weighted by Crippen LogP contribution is 2.35. The zero-order valence-electron chi connectivity index (χ0n) is 24.0. The lowest BCUT2D eigenvalue weighted by molar-refractivity contribution is -0.140. The molecule has 0 fully saturated rings. The maximum atomic E-state index is 14.9. The van der Waals surface area contributed by atoms with Crippen LogP contribution in [0.2, 0.25) is 0 Å². The van der Waals surface area contributed by atoms with Crippen LogP contribution in [0.5, 0.6) is 11.5 Å². The summed E-state index contributed by atoms with van der Waals surface area (Å²) in [6.45, 7) is 3.60. The molecule has 0 bridgehead atoms. The molecule has 0 radical (unpaired) electrons. The Morgan fingerprint density at radius 3 is 2.31 bits per heavy atom. The second kappa shape index (κ2) is 13.7. The van der Waals surface area contributed by atoms with Gasteiger partial charge in [0.15, 0.2) is 11.5 Å². The lowest BCUT2D eigenvalue weighted by Crippen LogP contribution is -2.54. The Hall–Kier alpha value is -4.12. The molecular weight excluding hydrogens is 561 g/mol. The third kappa shape index (κ3) is 7.79. The number of amides is 2. The van der Waals surface area contributed by atoms with E-state index in [4.69, 9.17) is 9.47 Å². The summed E-state index contributed by atoms with van der Waals surface area (Å²) in [5.74, 6) is -0.793. The van der Waals surface area contributed by atoms with Crippen LogP contribution < -0.4 is 19.1 Å². The molecule has 11 heteroatoms. The number of fused-ring (bicyclic) bond motifs is 1. The average molecular weight is 598 g/mol. The number of benzene rings is 3. The molecule has 0 saturated carbocycles. The molecule has 1 heterocycles. The molecule has 224 valence electrons. The number of rotatable bonds is 12. The van der Waals surface area contributed by atoms with E-state index in [0.29, 0.717) is 31.1 Å². The summed E-state index contributed by atoms with van der Waals surface area (Å²) in [6, 6.07) is 18.6. The fourth-order valence-electron chi connectivity index (χ4n) is 4.61. The van der Waals surface area contributed by atoms with E-state index in [1.807, 2.05) is 44.2 Å². The van der Waals surface area contributed by atoms with E-state index in [2.05, 4.69) is 5.32 Å². The molecule has 0 spiro atoms. The quantitative estimate of drug-likeness (QED) is 0.340. The highest BCUT2D eigenvalue weighted by atomic mass is 32.2. The Morgan fingerprint density at radius 1 is 0.976 bits per heavy atom. The minimum Gasteiger partial charge on any atom is -0.486 e. The van der Waals surface area contributed by atoms with Crippen LogP contribution in [-0.4, -0.2) is 63.2 Å². The van der Waals surface area contributed by atoms with Crippen molar-refractivity contribution in [3.8, 4) is 11.5 Å². The van der Waals surface area contributed by atoms with Gasteiger partial charge in [0.25, 0.3) is 0 Å². The first kappa shape index (κ1) is 30.8. The number of hydrogen-bond acceptors (Lipinski definition) is 6. The summed E-state index contributed by atoms with van der Waals surface area (Å²) in [5, 5.41) is 2.95. The first-order valence-electron chi connectivity index (χ1n) is 13.8. The van der Waals surface area contributed by atoms with E-state index in [0.717, 1.165) is 16.1 Å². The topological polar surface area (TPSA) is 105 Å². The highest BCUT2D eigenvalue weighted by Gasteiger charge is 2.34. The molecule has 3 aromatic carbocycles. The number of ether oxygens (including phenoxy) is 2. The largest absolute Gasteiger partial charge is 0.486 e. The second-order valence-corrected chi connectivity index (χ2v) is 12.1. The Morgan fingerprint density at radius 2 is 1.64 bits per heavy atom. The Bertz CT molecular complexity index is 1500. The predicted octanol–water partition coefficient (Wildman–Crippen LogP) is 3.92. The van der Waals surface area contributed by atoms with Crippen LogP contribution in [0.15, 0.2) is 72.8 Å². The van der Waals surface area contributed by atoms with Crippen molar-refractivity contribution in [2.75, 3.05) is 30.3 Å². The van der Waals surface area contributed by atoms with E-state index in [1.165, 1.54) is 35.2 Å². The van der Waals surface area contributed by atoms with Crippen molar-refractivity contribution in [1.82, 2.24) is 10.2 Å². The minimum atomic E-state index is -3.97. The molecule has 0 aromatic heterocycles. The molecule has 2 amide bonds. The number of nitrogens with one attached hydrogen (secondary N) is 1. The number of carbonyl (C=O) groups is 2. The van der Waals surface area contributed by atoms with Gasteiger partial charge < -0.3 is 19.7 Å². The van der Waals surface area contributed by atoms with Gasteiger partial charge in [-0.3, -0.25) is 13.9 Å². The van der Waals surface area contributed by atoms with Crippen molar-refractivity contribution in [2.24, 2.45) is 0 Å². The summed E-state index contributed by atoms with van der Waals surface area (Å²) in [4.78, 5) is 29.1. The molecule has 0 saturated heterocycles. The zero-order chi connectivity index (χ0) is 30.3. The summed E-state index contributed by atoms with van der Waals surface area (Å²) >= 11 is 0. The number of sulfonamides is 1. The van der Waals surface area contributed by atoms with Gasteiger partial charge in [-0.2, -0.15) is 0 Å². The van der Waals surface area contributed by atoms with Crippen LogP contribution in [-0.2, 0) is 32.6 Å². The van der Waals surface area contributed by atoms with E-state index in [-0.39, 0.29) is 30.3 Å². The number of hydrogen-bond donors (Lipinski definition) is 1. The molecule has 42 heavy (non-hydrogen) atoms. The van der Waals surface area contributed by atoms with Crippen LogP contribution >= 0.6 is 0 Å². The van der Waals surface area contributed by atoms with Crippen LogP contribution in [0, 0.1) is 5.82 Å². The first-order valence-corrected chi connectivity index (χ1v) is 15.7. The average Bonchev–Trinajstić information content (AvgIpc) is 2.98. The summed E-state index contributed by atoms with van der Waals surface area (Å²) in [6.07, 6.45) is 1.80. The van der Waals surface area contributed by atoms with Crippen molar-refractivity contribution in [2.45, 2.75) is 45.3 Å². The summed E-state index contributed by atoms with van der Waals surface area (Å²) in [7, 11) is -3.97. The molecule has 3 aromatic rings. The van der Waals surface area contributed by atoms with E-state index in [9.17, 15) is 22.4 Å². The standard InChI is InChI=1S/C31H36FN3O6S/c1-4-22(2)33-31(37)27(18-23-10-6-5-7-11-23)34(20-24-12-8-9-13-26(24)32)30(36)21-35(42(3,38)39)25-14-15-28-29(19-25)41-17-16-40-28/h5-15,19,22,27H,4,16-18,20-21H2,1-3H3,(H,33,37). The molecule has 2 unspecified atom stereocenters. The van der Waals surface area contributed by atoms with E-state index >= 15 is 0 Å². The lowest BCUT2D eigenvalue weighted by Gasteiger charge is -2.34. The number of anilines is 1. The van der Waals surface area contributed by atoms with Crippen molar-refractivity contribution < 1.29 is 31.9 Å². The molecule has 1 aliphatic heterocycles. The third-order valence-electron chi connectivity index (χ3n) is 7.06. The fourth-order valence-corrected chi connectivity index (χ4v) is 5.45. The Balaban J connectivity index is 1.74. The van der Waals surface area contributed by atoms with Gasteiger partial charge in [0.1, 0.15) is 31.6 Å². The van der Waals surface area contributed by atoms with Crippen LogP contribution in [0.25, 0.3) is 0 Å². The SMILES string of the molecule is CCC(C)NC(=O)C(Cc1ccccc1)N(Cc1ccccc1F)C(=O)CN(c1ccc2c(c1)OCCO2)S(C)(=O)=O. The molecule has 1 N–H and O–H groups in total. The third-order valence-corrected chi connectivity index (χ3v) is 8.20. The van der Waals surface area contributed by atoms with Crippen molar-refractivity contribution in [3.05, 3.63) is 89.7 Å². The Labute approximate surface area is 246 Å². The van der Waals surface area contributed by atoms with Gasteiger partial charge in [0.05, 0.1) is 11.9 Å². The molecule has 0 aliphatic carbocycles. The molecule has 4 rings (SSSR count). The Kier molecular flexibility index (Phi) is 10.1. The van der Waals surface area contributed by atoms with Gasteiger partial charge in [-0.25, -0.2) is 12.8 Å². The van der Waals surface area contributed by atoms with Gasteiger partial charge >= 0.3 is 0 Å². The van der Waals surface area contributed by atoms with Crippen molar-refractivity contribution in [3.63, 3.8) is 0 Å². The van der Waals surface area contributed by atoms with Crippen LogP contribution in [0.3, 0.4) is 0 Å². The first-order chi connectivity index (χ1) is 20.1. The second-order valence-electron chi connectivity index (χ2n) is 10.2. The zero-order valence-corrected chi connectivity index (χ0v) is 24.8. The van der Waals surface area contributed by atoms with Crippen molar-refractivity contribution >= 4 is 27.5 Å². The maximum absolute atomic E-state index is 14.9. The number of halogens is 1. The monoisotopic (exact) mass is 597 g/mol. The maximum Gasteiger partial charge on any atom is 0.244 e. The smallest absolute Gasteiger partial charge is 0.244 e. The summed E-state index contributed by atoms with van der Waals surface area (Å²) < 4.78 is 53.0. The predicted molar refractivity (Wildman–Crippen MR) is 158 cm³/mol.